The molecule has 0 heterocycles. The second-order valence-electron chi connectivity index (χ2n) is 8.74. The van der Waals surface area contributed by atoms with E-state index in [0.29, 0.717) is 11.5 Å². The zero-order valence-electron chi connectivity index (χ0n) is 17.4. The maximum Gasteiger partial charge on any atom is 0.419 e. The van der Waals surface area contributed by atoms with Gasteiger partial charge in [0.2, 0.25) is 0 Å². The summed E-state index contributed by atoms with van der Waals surface area (Å²) in [5, 5.41) is 0. The first-order valence-electron chi connectivity index (χ1n) is 11.0. The fourth-order valence-electron chi connectivity index (χ4n) is 5.12. The van der Waals surface area contributed by atoms with Crippen molar-refractivity contribution in [2.45, 2.75) is 70.4 Å². The highest BCUT2D eigenvalue weighted by Gasteiger charge is 2.34. The molecule has 0 saturated heterocycles. The lowest BCUT2D eigenvalue weighted by atomic mass is 9.73. The molecule has 2 aliphatic rings. The van der Waals surface area contributed by atoms with Crippen LogP contribution in [0.5, 0.6) is 0 Å². The highest BCUT2D eigenvalue weighted by Crippen LogP contribution is 2.40. The van der Waals surface area contributed by atoms with Gasteiger partial charge in [-0.25, -0.2) is 4.39 Å². The van der Waals surface area contributed by atoms with Gasteiger partial charge in [-0.05, 0) is 96.7 Å². The quantitative estimate of drug-likeness (QED) is 0.356. The van der Waals surface area contributed by atoms with Crippen molar-refractivity contribution in [3.05, 3.63) is 81.7 Å². The number of alkyl halides is 3. The van der Waals surface area contributed by atoms with Gasteiger partial charge in [0.05, 0.1) is 5.56 Å². The van der Waals surface area contributed by atoms with E-state index < -0.39 is 17.6 Å². The largest absolute Gasteiger partial charge is 0.419 e. The van der Waals surface area contributed by atoms with Gasteiger partial charge in [-0.1, -0.05) is 43.7 Å². The molecule has 0 saturated carbocycles. The monoisotopic (exact) mass is 416 g/mol. The molecule has 4 rings (SSSR count). The molecule has 4 heteroatoms. The average molecular weight is 417 g/mol. The van der Waals surface area contributed by atoms with Gasteiger partial charge in [-0.3, -0.25) is 0 Å². The van der Waals surface area contributed by atoms with Crippen LogP contribution in [-0.2, 0) is 31.9 Å². The Morgan fingerprint density at radius 1 is 0.967 bits per heavy atom. The fourth-order valence-corrected chi connectivity index (χ4v) is 5.12. The van der Waals surface area contributed by atoms with Crippen LogP contribution in [0.15, 0.2) is 42.5 Å². The topological polar surface area (TPSA) is 0 Å². The summed E-state index contributed by atoms with van der Waals surface area (Å²) < 4.78 is 52.6. The number of rotatable bonds is 4. The highest BCUT2D eigenvalue weighted by molar-refractivity contribution is 5.46. The van der Waals surface area contributed by atoms with Crippen molar-refractivity contribution in [2.24, 2.45) is 5.92 Å². The van der Waals surface area contributed by atoms with Crippen molar-refractivity contribution in [3.8, 4) is 0 Å². The molecular formula is C26H28F4. The molecule has 0 aromatic heterocycles. The molecule has 2 aromatic rings. The van der Waals surface area contributed by atoms with Crippen molar-refractivity contribution < 1.29 is 17.6 Å². The van der Waals surface area contributed by atoms with E-state index in [2.05, 4.69) is 31.2 Å². The Morgan fingerprint density at radius 3 is 2.33 bits per heavy atom. The van der Waals surface area contributed by atoms with E-state index >= 15 is 0 Å². The molecule has 0 bridgehead atoms. The Bertz CT molecular complexity index is 939. The number of fused-ring (bicyclic) bond motifs is 3. The van der Waals surface area contributed by atoms with Gasteiger partial charge in [0.25, 0.3) is 0 Å². The minimum atomic E-state index is -4.65. The van der Waals surface area contributed by atoms with E-state index in [1.165, 1.54) is 41.2 Å². The lowest BCUT2D eigenvalue weighted by Gasteiger charge is -2.31. The van der Waals surface area contributed by atoms with Crippen LogP contribution in [0.3, 0.4) is 0 Å². The summed E-state index contributed by atoms with van der Waals surface area (Å²) >= 11 is 0. The lowest BCUT2D eigenvalue weighted by molar-refractivity contribution is -0.140. The Balaban J connectivity index is 1.52. The first-order valence-corrected chi connectivity index (χ1v) is 11.0. The van der Waals surface area contributed by atoms with Crippen LogP contribution in [0.4, 0.5) is 17.6 Å². The Hall–Kier alpha value is -2.10. The van der Waals surface area contributed by atoms with E-state index in [0.717, 1.165) is 50.7 Å². The molecule has 0 nitrogen and oxygen atoms in total. The number of hydrogen-bond donors (Lipinski definition) is 0. The first-order chi connectivity index (χ1) is 14.4. The fraction of sp³-hybridized carbons (Fsp3) is 0.462. The van der Waals surface area contributed by atoms with E-state index in [-0.39, 0.29) is 5.92 Å². The minimum Gasteiger partial charge on any atom is -0.206 e. The van der Waals surface area contributed by atoms with Crippen LogP contribution in [0.1, 0.15) is 71.9 Å². The van der Waals surface area contributed by atoms with Crippen molar-refractivity contribution in [3.63, 3.8) is 0 Å². The van der Waals surface area contributed by atoms with E-state index in [9.17, 15) is 17.6 Å². The van der Waals surface area contributed by atoms with Gasteiger partial charge >= 0.3 is 6.18 Å². The molecule has 0 spiro atoms. The number of hydrogen-bond acceptors (Lipinski definition) is 0. The van der Waals surface area contributed by atoms with Gasteiger partial charge in [-0.15, -0.1) is 0 Å². The van der Waals surface area contributed by atoms with Gasteiger partial charge < -0.3 is 0 Å². The van der Waals surface area contributed by atoms with Crippen LogP contribution in [0.25, 0.3) is 0 Å². The number of halogens is 4. The lowest BCUT2D eigenvalue weighted by Crippen LogP contribution is -2.20. The summed E-state index contributed by atoms with van der Waals surface area (Å²) in [4.78, 5) is 0. The molecule has 0 unspecified atom stereocenters. The van der Waals surface area contributed by atoms with E-state index in [1.807, 2.05) is 0 Å². The summed E-state index contributed by atoms with van der Waals surface area (Å²) in [6.45, 7) is 2.19. The third-order valence-electron chi connectivity index (χ3n) is 6.72. The van der Waals surface area contributed by atoms with Gasteiger partial charge in [0.15, 0.2) is 0 Å². The normalized spacial score (nSPS) is 21.5. The molecule has 0 N–H and O–H groups in total. The second-order valence-corrected chi connectivity index (χ2v) is 8.74. The van der Waals surface area contributed by atoms with Gasteiger partial charge in [-0.2, -0.15) is 13.2 Å². The van der Waals surface area contributed by atoms with Crippen molar-refractivity contribution >= 4 is 0 Å². The first kappa shape index (κ1) is 21.1. The number of unbranched alkanes of at least 4 members (excludes halogenated alkanes) is 1. The van der Waals surface area contributed by atoms with Crippen molar-refractivity contribution in [1.29, 1.82) is 0 Å². The van der Waals surface area contributed by atoms with Gasteiger partial charge in [0, 0.05) is 0 Å². The minimum absolute atomic E-state index is 0.0700. The highest BCUT2D eigenvalue weighted by atomic mass is 19.4. The molecule has 2 atom stereocenters. The van der Waals surface area contributed by atoms with Crippen LogP contribution < -0.4 is 0 Å². The molecule has 0 fully saturated rings. The molecule has 160 valence electrons. The van der Waals surface area contributed by atoms with Crippen LogP contribution in [0, 0.1) is 11.7 Å². The number of benzene rings is 2. The predicted molar refractivity (Wildman–Crippen MR) is 112 cm³/mol. The van der Waals surface area contributed by atoms with E-state index in [4.69, 9.17) is 0 Å². The molecular weight excluding hydrogens is 388 g/mol. The third-order valence-corrected chi connectivity index (χ3v) is 6.72. The van der Waals surface area contributed by atoms with Crippen LogP contribution in [0.2, 0.25) is 0 Å². The van der Waals surface area contributed by atoms with Crippen molar-refractivity contribution in [2.75, 3.05) is 0 Å². The molecule has 2 aromatic carbocycles. The molecule has 2 aliphatic carbocycles. The molecule has 0 radical (unpaired) electrons. The summed E-state index contributed by atoms with van der Waals surface area (Å²) in [6, 6.07) is 7.86. The third kappa shape index (κ3) is 4.33. The Labute approximate surface area is 176 Å². The average Bonchev–Trinajstić information content (AvgIpc) is 2.72. The van der Waals surface area contributed by atoms with Gasteiger partial charge in [0.1, 0.15) is 5.82 Å². The Morgan fingerprint density at radius 2 is 1.67 bits per heavy atom. The number of allylic oxidation sites excluding steroid dienone is 2. The summed E-state index contributed by atoms with van der Waals surface area (Å²) in [5.41, 5.74) is 5.15. The molecule has 0 aliphatic heterocycles. The zero-order valence-corrected chi connectivity index (χ0v) is 17.4. The van der Waals surface area contributed by atoms with Crippen LogP contribution >= 0.6 is 0 Å². The maximum absolute atomic E-state index is 14.0. The zero-order chi connectivity index (χ0) is 21.3. The van der Waals surface area contributed by atoms with E-state index in [1.54, 1.807) is 0 Å². The Kier molecular flexibility index (Phi) is 6.04. The van der Waals surface area contributed by atoms with Crippen LogP contribution in [-0.4, -0.2) is 0 Å². The smallest absolute Gasteiger partial charge is 0.206 e. The molecule has 30 heavy (non-hydrogen) atoms. The predicted octanol–water partition coefficient (Wildman–Crippen LogP) is 7.58. The maximum atomic E-state index is 14.0. The van der Waals surface area contributed by atoms with Crippen molar-refractivity contribution in [1.82, 2.24) is 0 Å². The standard InChI is InChI=1S/C26H28F4/c1-2-3-4-5-17-6-11-22-20(14-17)7-8-21-15-18(9-12-23(21)22)19-10-13-24(25(27)16-19)26(28,29)30/h4-5,7-8,10,13,16-18H,2-3,6,9,11-12,14-15H2,1H3/b5-4+/t17-,18-/m0/s1. The second kappa shape index (κ2) is 8.56. The summed E-state index contributed by atoms with van der Waals surface area (Å²) in [6.07, 6.45) is 8.26. The summed E-state index contributed by atoms with van der Waals surface area (Å²) in [7, 11) is 0. The SMILES string of the molecule is CCC/C=C/[C@H]1CCc2c(ccc3c2CC[C@H](c2ccc(C(F)(F)F)c(F)c2)C3)C1. The molecule has 0 amide bonds. The summed E-state index contributed by atoms with van der Waals surface area (Å²) in [5.74, 6) is -0.479.